The largest absolute Gasteiger partial charge is 0.293 e. The molecule has 2 nitrogen and oxygen atoms in total. The molecule has 1 aliphatic carbocycles. The van der Waals surface area contributed by atoms with Crippen molar-refractivity contribution < 1.29 is 4.79 Å². The van der Waals surface area contributed by atoms with Crippen molar-refractivity contribution in [2.45, 2.75) is 52.9 Å². The molecule has 0 N–H and O–H groups in total. The molecule has 1 aliphatic rings. The van der Waals surface area contributed by atoms with Crippen molar-refractivity contribution in [1.82, 2.24) is 4.98 Å². The smallest absolute Gasteiger partial charge is 0.178 e. The first kappa shape index (κ1) is 12.7. The second kappa shape index (κ2) is 5.30. The van der Waals surface area contributed by atoms with E-state index in [4.69, 9.17) is 0 Å². The number of carbonyl (C=O) groups is 1. The number of aromatic nitrogens is 1. The van der Waals surface area contributed by atoms with Crippen LogP contribution in [0.2, 0.25) is 0 Å². The summed E-state index contributed by atoms with van der Waals surface area (Å²) in [5.41, 5.74) is 0.929. The normalized spacial score (nSPS) is 24.9. The van der Waals surface area contributed by atoms with Gasteiger partial charge in [-0.2, -0.15) is 0 Å². The van der Waals surface area contributed by atoms with Crippen molar-refractivity contribution in [3.63, 3.8) is 0 Å². The van der Waals surface area contributed by atoms with Crippen molar-refractivity contribution in [3.05, 3.63) is 15.6 Å². The van der Waals surface area contributed by atoms with Crippen LogP contribution in [0.5, 0.6) is 0 Å². The Balaban J connectivity index is 2.21. The van der Waals surface area contributed by atoms with E-state index in [2.05, 4.69) is 11.9 Å². The Morgan fingerprint density at radius 2 is 2.06 bits per heavy atom. The van der Waals surface area contributed by atoms with Crippen LogP contribution in [0.25, 0.3) is 0 Å². The van der Waals surface area contributed by atoms with Crippen molar-refractivity contribution in [3.8, 4) is 0 Å². The van der Waals surface area contributed by atoms with E-state index in [0.29, 0.717) is 11.7 Å². The maximum Gasteiger partial charge on any atom is 0.178 e. The van der Waals surface area contributed by atoms with Gasteiger partial charge in [-0.05, 0) is 32.6 Å². The van der Waals surface area contributed by atoms with Crippen LogP contribution in [0.1, 0.15) is 59.4 Å². The first-order valence-electron chi connectivity index (χ1n) is 6.61. The van der Waals surface area contributed by atoms with Crippen LogP contribution in [0, 0.1) is 25.7 Å². The van der Waals surface area contributed by atoms with Gasteiger partial charge in [-0.15, -0.1) is 11.3 Å². The molecule has 3 heteroatoms. The van der Waals surface area contributed by atoms with E-state index >= 15 is 0 Å². The molecule has 1 heterocycles. The predicted molar refractivity (Wildman–Crippen MR) is 71.7 cm³/mol. The van der Waals surface area contributed by atoms with Gasteiger partial charge in [0.05, 0.1) is 15.6 Å². The summed E-state index contributed by atoms with van der Waals surface area (Å²) in [6.45, 7) is 6.15. The molecule has 94 valence electrons. The zero-order valence-electron chi connectivity index (χ0n) is 11.0. The predicted octanol–water partition coefficient (Wildman–Crippen LogP) is 4.16. The highest BCUT2D eigenvalue weighted by atomic mass is 32.1. The Morgan fingerprint density at radius 3 is 2.65 bits per heavy atom. The molecule has 1 aromatic rings. The second-order valence-electron chi connectivity index (χ2n) is 5.07. The fourth-order valence-electron chi connectivity index (χ4n) is 2.97. The fourth-order valence-corrected chi connectivity index (χ4v) is 3.89. The van der Waals surface area contributed by atoms with Gasteiger partial charge >= 0.3 is 0 Å². The van der Waals surface area contributed by atoms with Gasteiger partial charge in [-0.3, -0.25) is 4.79 Å². The van der Waals surface area contributed by atoms with Crippen molar-refractivity contribution in [1.29, 1.82) is 0 Å². The van der Waals surface area contributed by atoms with Crippen LogP contribution in [0.3, 0.4) is 0 Å². The monoisotopic (exact) mass is 251 g/mol. The number of ketones is 1. The molecular formula is C14H21NOS. The van der Waals surface area contributed by atoms with Gasteiger partial charge in [0.25, 0.3) is 0 Å². The van der Waals surface area contributed by atoms with E-state index < -0.39 is 0 Å². The SMILES string of the molecule is CCC1CCCCC1C(=O)c1sc(C)nc1C. The minimum Gasteiger partial charge on any atom is -0.293 e. The third-order valence-electron chi connectivity index (χ3n) is 3.90. The van der Waals surface area contributed by atoms with Crippen molar-refractivity contribution in [2.24, 2.45) is 11.8 Å². The van der Waals surface area contributed by atoms with E-state index in [1.54, 1.807) is 11.3 Å². The Kier molecular flexibility index (Phi) is 3.97. The third-order valence-corrected chi connectivity index (χ3v) is 4.98. The standard InChI is InChI=1S/C14H21NOS/c1-4-11-7-5-6-8-12(11)13(16)14-9(2)15-10(3)17-14/h11-12H,4-8H2,1-3H3. The number of thiazole rings is 1. The Morgan fingerprint density at radius 1 is 1.35 bits per heavy atom. The molecule has 0 radical (unpaired) electrons. The molecule has 1 aromatic heterocycles. The van der Waals surface area contributed by atoms with E-state index in [1.165, 1.54) is 19.3 Å². The molecule has 1 fully saturated rings. The van der Waals surface area contributed by atoms with E-state index in [1.807, 2.05) is 13.8 Å². The first-order chi connectivity index (χ1) is 8.13. The number of rotatable bonds is 3. The lowest BCUT2D eigenvalue weighted by atomic mass is 9.75. The van der Waals surface area contributed by atoms with Crippen molar-refractivity contribution in [2.75, 3.05) is 0 Å². The summed E-state index contributed by atoms with van der Waals surface area (Å²) in [6.07, 6.45) is 5.94. The molecule has 0 aliphatic heterocycles. The summed E-state index contributed by atoms with van der Waals surface area (Å²) in [5, 5.41) is 1.01. The van der Waals surface area contributed by atoms with Gasteiger partial charge in [-0.25, -0.2) is 4.98 Å². The second-order valence-corrected chi connectivity index (χ2v) is 6.27. The average molecular weight is 251 g/mol. The Labute approximate surface area is 107 Å². The number of carbonyl (C=O) groups excluding carboxylic acids is 1. The quantitative estimate of drug-likeness (QED) is 0.755. The first-order valence-corrected chi connectivity index (χ1v) is 7.43. The van der Waals surface area contributed by atoms with Crippen LogP contribution in [0.4, 0.5) is 0 Å². The van der Waals surface area contributed by atoms with Crippen LogP contribution < -0.4 is 0 Å². The molecule has 0 bridgehead atoms. The zero-order chi connectivity index (χ0) is 12.4. The molecule has 1 saturated carbocycles. The van der Waals surface area contributed by atoms with E-state index in [-0.39, 0.29) is 5.92 Å². The molecule has 0 spiro atoms. The highest BCUT2D eigenvalue weighted by Gasteiger charge is 2.31. The van der Waals surface area contributed by atoms with Gasteiger partial charge in [0.1, 0.15) is 0 Å². The minimum absolute atomic E-state index is 0.257. The molecule has 2 rings (SSSR count). The van der Waals surface area contributed by atoms with Gasteiger partial charge < -0.3 is 0 Å². The van der Waals surface area contributed by atoms with Gasteiger partial charge in [0, 0.05) is 5.92 Å². The van der Waals surface area contributed by atoms with Crippen molar-refractivity contribution >= 4 is 17.1 Å². The summed E-state index contributed by atoms with van der Waals surface area (Å²) in [7, 11) is 0. The lowest BCUT2D eigenvalue weighted by Gasteiger charge is -2.29. The van der Waals surface area contributed by atoms with E-state index in [9.17, 15) is 4.79 Å². The van der Waals surface area contributed by atoms with Crippen LogP contribution in [-0.4, -0.2) is 10.8 Å². The fraction of sp³-hybridized carbons (Fsp3) is 0.714. The van der Waals surface area contributed by atoms with Crippen LogP contribution >= 0.6 is 11.3 Å². The summed E-state index contributed by atoms with van der Waals surface area (Å²) >= 11 is 1.57. The molecule has 2 atom stereocenters. The zero-order valence-corrected chi connectivity index (χ0v) is 11.8. The molecule has 0 amide bonds. The summed E-state index contributed by atoms with van der Waals surface area (Å²) in [6, 6.07) is 0. The number of hydrogen-bond donors (Lipinski definition) is 0. The van der Waals surface area contributed by atoms with E-state index in [0.717, 1.165) is 28.4 Å². The van der Waals surface area contributed by atoms with Gasteiger partial charge in [0.15, 0.2) is 5.78 Å². The maximum atomic E-state index is 12.6. The Bertz CT molecular complexity index is 410. The molecule has 17 heavy (non-hydrogen) atoms. The lowest BCUT2D eigenvalue weighted by Crippen LogP contribution is -2.26. The number of aryl methyl sites for hydroxylation is 2. The molecule has 0 saturated heterocycles. The maximum absolute atomic E-state index is 12.6. The highest BCUT2D eigenvalue weighted by Crippen LogP contribution is 2.36. The van der Waals surface area contributed by atoms with Crippen LogP contribution in [0.15, 0.2) is 0 Å². The Hall–Kier alpha value is -0.700. The lowest BCUT2D eigenvalue weighted by molar-refractivity contribution is 0.0824. The highest BCUT2D eigenvalue weighted by molar-refractivity contribution is 7.13. The molecular weight excluding hydrogens is 230 g/mol. The summed E-state index contributed by atoms with van der Waals surface area (Å²) in [5.74, 6) is 1.21. The molecule has 0 aromatic carbocycles. The van der Waals surface area contributed by atoms with Gasteiger partial charge in [0.2, 0.25) is 0 Å². The van der Waals surface area contributed by atoms with Gasteiger partial charge in [-0.1, -0.05) is 26.2 Å². The topological polar surface area (TPSA) is 30.0 Å². The number of Topliss-reactive ketones (excluding diaryl/α,β-unsaturated/α-hetero) is 1. The number of nitrogens with zero attached hydrogens (tertiary/aromatic N) is 1. The average Bonchev–Trinajstić information content (AvgIpc) is 2.67. The third kappa shape index (κ3) is 2.59. The van der Waals surface area contributed by atoms with Crippen LogP contribution in [-0.2, 0) is 0 Å². The summed E-state index contributed by atoms with van der Waals surface area (Å²) in [4.78, 5) is 17.9. The number of hydrogen-bond acceptors (Lipinski definition) is 3. The minimum atomic E-state index is 0.257. The summed E-state index contributed by atoms with van der Waals surface area (Å²) < 4.78 is 0. The molecule has 2 unspecified atom stereocenters.